The van der Waals surface area contributed by atoms with E-state index in [1.807, 2.05) is 13.8 Å². The van der Waals surface area contributed by atoms with Gasteiger partial charge in [-0.15, -0.1) is 0 Å². The summed E-state index contributed by atoms with van der Waals surface area (Å²) in [4.78, 5) is 36.3. The van der Waals surface area contributed by atoms with E-state index in [-0.39, 0.29) is 23.7 Å². The maximum absolute atomic E-state index is 11.8. The number of aryl methyl sites for hydroxylation is 1. The Kier molecular flexibility index (Phi) is 4.88. The molecule has 1 amide bonds. The molecule has 0 saturated heterocycles. The average molecular weight is 286 g/mol. The van der Waals surface area contributed by atoms with Gasteiger partial charge >= 0.3 is 10.8 Å². The quantitative estimate of drug-likeness (QED) is 0.870. The number of nitrogens with zero attached hydrogens (tertiary/aromatic N) is 2. The van der Waals surface area contributed by atoms with Crippen LogP contribution in [0.15, 0.2) is 4.79 Å². The first kappa shape index (κ1) is 15.4. The average Bonchev–Trinajstić information content (AvgIpc) is 2.59. The van der Waals surface area contributed by atoms with Crippen molar-refractivity contribution in [2.24, 2.45) is 0 Å². The van der Waals surface area contributed by atoms with Gasteiger partial charge in [0.15, 0.2) is 0 Å². The van der Waals surface area contributed by atoms with Crippen LogP contribution in [0.4, 0.5) is 0 Å². The fourth-order valence-corrected chi connectivity index (χ4v) is 2.47. The van der Waals surface area contributed by atoms with Gasteiger partial charge in [0.2, 0.25) is 5.91 Å². The lowest BCUT2D eigenvalue weighted by molar-refractivity contribution is -0.148. The Morgan fingerprint density at radius 3 is 2.42 bits per heavy atom. The van der Waals surface area contributed by atoms with E-state index in [0.717, 1.165) is 21.9 Å². The number of rotatable bonds is 5. The van der Waals surface area contributed by atoms with Gasteiger partial charge in [0.1, 0.15) is 6.04 Å². The van der Waals surface area contributed by atoms with E-state index in [2.05, 4.69) is 0 Å². The molecule has 7 heteroatoms. The van der Waals surface area contributed by atoms with Crippen LogP contribution >= 0.6 is 11.3 Å². The number of carboxylic acid groups (broad SMARTS) is 1. The van der Waals surface area contributed by atoms with Crippen LogP contribution in [-0.4, -0.2) is 39.5 Å². The standard InChI is InChI=1S/C12H18N2O4S/c1-7-9(3)19-12(18)14(7)6-5-10(15)13(4)8(2)11(16)17/h8H,5-6H2,1-4H3,(H,16,17). The molecule has 0 saturated carbocycles. The van der Waals surface area contributed by atoms with Crippen molar-refractivity contribution in [1.82, 2.24) is 9.47 Å². The van der Waals surface area contributed by atoms with Gasteiger partial charge in [-0.25, -0.2) is 4.79 Å². The number of likely N-dealkylation sites (N-methyl/N-ethyl adjacent to an activating group) is 1. The SMILES string of the molecule is Cc1sc(=O)n(CCC(=O)N(C)C(C)C(=O)O)c1C. The zero-order valence-electron chi connectivity index (χ0n) is 11.5. The third-order valence-corrected chi connectivity index (χ3v) is 4.25. The number of carboxylic acids is 1. The molecule has 0 aliphatic carbocycles. The van der Waals surface area contributed by atoms with Crippen molar-refractivity contribution in [1.29, 1.82) is 0 Å². The van der Waals surface area contributed by atoms with E-state index in [9.17, 15) is 14.4 Å². The van der Waals surface area contributed by atoms with E-state index >= 15 is 0 Å². The Balaban J connectivity index is 2.69. The summed E-state index contributed by atoms with van der Waals surface area (Å²) in [6.45, 7) is 5.43. The molecular formula is C12H18N2O4S. The summed E-state index contributed by atoms with van der Waals surface area (Å²) in [6.07, 6.45) is 0.116. The van der Waals surface area contributed by atoms with Crippen LogP contribution in [0.3, 0.4) is 0 Å². The second-order valence-electron chi connectivity index (χ2n) is 4.43. The maximum atomic E-state index is 11.8. The van der Waals surface area contributed by atoms with E-state index in [1.54, 1.807) is 4.57 Å². The van der Waals surface area contributed by atoms with Crippen LogP contribution in [-0.2, 0) is 16.1 Å². The first-order valence-corrected chi connectivity index (χ1v) is 6.72. The zero-order chi connectivity index (χ0) is 14.7. The molecule has 6 nitrogen and oxygen atoms in total. The molecule has 0 spiro atoms. The van der Waals surface area contributed by atoms with Gasteiger partial charge in [-0.2, -0.15) is 0 Å². The highest BCUT2D eigenvalue weighted by molar-refractivity contribution is 7.09. The summed E-state index contributed by atoms with van der Waals surface area (Å²) in [7, 11) is 1.45. The van der Waals surface area contributed by atoms with Gasteiger partial charge in [-0.1, -0.05) is 11.3 Å². The predicted molar refractivity (Wildman–Crippen MR) is 72.5 cm³/mol. The van der Waals surface area contributed by atoms with E-state index in [4.69, 9.17) is 5.11 Å². The van der Waals surface area contributed by atoms with Crippen LogP contribution in [0.25, 0.3) is 0 Å². The molecule has 1 heterocycles. The van der Waals surface area contributed by atoms with E-state index in [1.165, 1.54) is 18.9 Å². The monoisotopic (exact) mass is 286 g/mol. The lowest BCUT2D eigenvalue weighted by Crippen LogP contribution is -2.40. The highest BCUT2D eigenvalue weighted by atomic mass is 32.1. The third kappa shape index (κ3) is 3.44. The second-order valence-corrected chi connectivity index (χ2v) is 5.60. The van der Waals surface area contributed by atoms with Gasteiger partial charge in [0.05, 0.1) is 0 Å². The lowest BCUT2D eigenvalue weighted by atomic mass is 10.2. The van der Waals surface area contributed by atoms with Gasteiger partial charge in [0, 0.05) is 30.6 Å². The predicted octanol–water partition coefficient (Wildman–Crippen LogP) is 0.848. The number of aliphatic carboxylic acids is 1. The maximum Gasteiger partial charge on any atom is 0.326 e. The fraction of sp³-hybridized carbons (Fsp3) is 0.583. The molecule has 1 atom stereocenters. The summed E-state index contributed by atoms with van der Waals surface area (Å²) < 4.78 is 1.55. The summed E-state index contributed by atoms with van der Waals surface area (Å²) in [5.41, 5.74) is 0.858. The first-order valence-electron chi connectivity index (χ1n) is 5.91. The molecule has 0 fully saturated rings. The van der Waals surface area contributed by atoms with Crippen LogP contribution in [0.2, 0.25) is 0 Å². The van der Waals surface area contributed by atoms with E-state index in [0.29, 0.717) is 0 Å². The van der Waals surface area contributed by atoms with Crippen LogP contribution in [0.1, 0.15) is 23.9 Å². The van der Waals surface area contributed by atoms with E-state index < -0.39 is 12.0 Å². The van der Waals surface area contributed by atoms with Crippen LogP contribution in [0, 0.1) is 13.8 Å². The molecule has 19 heavy (non-hydrogen) atoms. The second kappa shape index (κ2) is 6.01. The topological polar surface area (TPSA) is 79.6 Å². The molecule has 1 aromatic heterocycles. The fourth-order valence-electron chi connectivity index (χ4n) is 1.61. The van der Waals surface area contributed by atoms with Crippen LogP contribution in [0.5, 0.6) is 0 Å². The molecule has 0 aromatic carbocycles. The summed E-state index contributed by atoms with van der Waals surface area (Å²) in [5.74, 6) is -1.33. The molecule has 0 radical (unpaired) electrons. The minimum atomic E-state index is -1.05. The molecular weight excluding hydrogens is 268 g/mol. The summed E-state index contributed by atoms with van der Waals surface area (Å²) in [6, 6.07) is -0.866. The number of aromatic nitrogens is 1. The summed E-state index contributed by atoms with van der Waals surface area (Å²) >= 11 is 1.16. The van der Waals surface area contributed by atoms with Crippen molar-refractivity contribution in [3.8, 4) is 0 Å². The van der Waals surface area contributed by atoms with Crippen molar-refractivity contribution >= 4 is 23.2 Å². The largest absolute Gasteiger partial charge is 0.480 e. The number of amides is 1. The molecule has 1 rings (SSSR count). The van der Waals surface area contributed by atoms with Gasteiger partial charge in [0.25, 0.3) is 0 Å². The Bertz CT molecular complexity index is 546. The molecule has 0 bridgehead atoms. The van der Waals surface area contributed by atoms with Gasteiger partial charge in [-0.05, 0) is 20.8 Å². The normalized spacial score (nSPS) is 12.2. The Morgan fingerprint density at radius 1 is 1.42 bits per heavy atom. The smallest absolute Gasteiger partial charge is 0.326 e. The first-order chi connectivity index (χ1) is 8.75. The third-order valence-electron chi connectivity index (χ3n) is 3.26. The van der Waals surface area contributed by atoms with Crippen molar-refractivity contribution in [2.75, 3.05) is 7.05 Å². The van der Waals surface area contributed by atoms with Crippen LogP contribution < -0.4 is 4.87 Å². The molecule has 1 N–H and O–H groups in total. The zero-order valence-corrected chi connectivity index (χ0v) is 12.3. The number of carbonyl (C=O) groups excluding carboxylic acids is 1. The van der Waals surface area contributed by atoms with Crippen molar-refractivity contribution < 1.29 is 14.7 Å². The molecule has 106 valence electrons. The number of hydrogen-bond donors (Lipinski definition) is 1. The Morgan fingerprint density at radius 2 is 2.00 bits per heavy atom. The highest BCUT2D eigenvalue weighted by Gasteiger charge is 2.21. The molecule has 0 aliphatic heterocycles. The number of thiazole rings is 1. The number of carbonyl (C=O) groups is 2. The Labute approximate surface area is 115 Å². The summed E-state index contributed by atoms with van der Waals surface area (Å²) in [5, 5.41) is 8.83. The molecule has 0 aliphatic rings. The minimum Gasteiger partial charge on any atom is -0.480 e. The Hall–Kier alpha value is -1.63. The number of hydrogen-bond acceptors (Lipinski definition) is 4. The van der Waals surface area contributed by atoms with Gasteiger partial charge < -0.3 is 14.6 Å². The van der Waals surface area contributed by atoms with Crippen molar-refractivity contribution in [3.05, 3.63) is 20.2 Å². The molecule has 1 aromatic rings. The lowest BCUT2D eigenvalue weighted by Gasteiger charge is -2.21. The molecule has 1 unspecified atom stereocenters. The minimum absolute atomic E-state index is 0.0864. The van der Waals surface area contributed by atoms with Crippen molar-refractivity contribution in [3.63, 3.8) is 0 Å². The van der Waals surface area contributed by atoms with Crippen molar-refractivity contribution in [2.45, 2.75) is 39.8 Å². The highest BCUT2D eigenvalue weighted by Crippen LogP contribution is 2.10. The van der Waals surface area contributed by atoms with Gasteiger partial charge in [-0.3, -0.25) is 9.59 Å².